The van der Waals surface area contributed by atoms with Crippen LogP contribution < -0.4 is 9.80 Å². The first-order valence-electron chi connectivity index (χ1n) is 8.69. The Kier molecular flexibility index (Phi) is 4.45. The molecule has 24 heavy (non-hydrogen) atoms. The smallest absolute Gasteiger partial charge is 0.141 e. The van der Waals surface area contributed by atoms with Crippen molar-refractivity contribution in [1.29, 1.82) is 0 Å². The normalized spacial score (nSPS) is 16.0. The summed E-state index contributed by atoms with van der Waals surface area (Å²) in [5.41, 5.74) is 1.43. The van der Waals surface area contributed by atoms with E-state index in [-0.39, 0.29) is 0 Å². The van der Waals surface area contributed by atoms with Gasteiger partial charge in [0.2, 0.25) is 0 Å². The van der Waals surface area contributed by atoms with E-state index >= 15 is 0 Å². The van der Waals surface area contributed by atoms with E-state index in [1.807, 2.05) is 0 Å². The van der Waals surface area contributed by atoms with Crippen LogP contribution in [0.25, 0.3) is 10.2 Å². The molecule has 1 aliphatic rings. The number of hydrogen-bond donors (Lipinski definition) is 1. The van der Waals surface area contributed by atoms with Crippen molar-refractivity contribution in [3.05, 3.63) is 53.2 Å². The van der Waals surface area contributed by atoms with Crippen LogP contribution in [0.1, 0.15) is 17.4 Å². The molecule has 5 heteroatoms. The Morgan fingerprint density at radius 1 is 1.12 bits per heavy atom. The summed E-state index contributed by atoms with van der Waals surface area (Å²) in [5, 5.41) is 1.23. The van der Waals surface area contributed by atoms with Crippen LogP contribution in [0.4, 0.5) is 5.82 Å². The highest BCUT2D eigenvalue weighted by Gasteiger charge is 2.23. The molecule has 1 saturated heterocycles. The highest BCUT2D eigenvalue weighted by molar-refractivity contribution is 7.18. The lowest BCUT2D eigenvalue weighted by Gasteiger charge is -2.33. The van der Waals surface area contributed by atoms with Crippen LogP contribution in [-0.4, -0.2) is 36.1 Å². The maximum Gasteiger partial charge on any atom is 0.141 e. The topological polar surface area (TPSA) is 33.5 Å². The van der Waals surface area contributed by atoms with E-state index in [2.05, 4.69) is 58.2 Å². The number of nitrogens with one attached hydrogen (secondary N) is 1. The van der Waals surface area contributed by atoms with Gasteiger partial charge in [0.15, 0.2) is 0 Å². The molecule has 1 N–H and O–H groups in total. The predicted octanol–water partition coefficient (Wildman–Crippen LogP) is 2.16. The molecule has 0 unspecified atom stereocenters. The summed E-state index contributed by atoms with van der Waals surface area (Å²) in [5.74, 6) is 1.12. The summed E-state index contributed by atoms with van der Waals surface area (Å²) in [4.78, 5) is 15.7. The number of rotatable bonds is 4. The molecule has 1 fully saturated rings. The van der Waals surface area contributed by atoms with Crippen LogP contribution in [0.5, 0.6) is 0 Å². The molecule has 0 amide bonds. The minimum absolute atomic E-state index is 1.06. The number of quaternary nitrogens is 1. The number of benzene rings is 1. The second kappa shape index (κ2) is 6.87. The lowest BCUT2D eigenvalue weighted by molar-refractivity contribution is -0.914. The standard InChI is InChI=1S/C19H22N4S/c1-2-16-12-17-18(20-14-21-19(17)24-16)23-10-8-22(9-11-23)13-15-6-4-3-5-7-15/h3-7,12,14H,2,8-11,13H2,1H3/p+1. The first-order valence-corrected chi connectivity index (χ1v) is 9.51. The number of piperazine rings is 1. The molecule has 0 bridgehead atoms. The van der Waals surface area contributed by atoms with Crippen molar-refractivity contribution >= 4 is 27.4 Å². The van der Waals surface area contributed by atoms with Gasteiger partial charge in [-0.2, -0.15) is 0 Å². The van der Waals surface area contributed by atoms with Gasteiger partial charge in [-0.05, 0) is 12.5 Å². The Balaban J connectivity index is 1.47. The molecule has 2 aromatic heterocycles. The number of anilines is 1. The molecule has 0 radical (unpaired) electrons. The first-order chi connectivity index (χ1) is 11.8. The number of aromatic nitrogens is 2. The van der Waals surface area contributed by atoms with Gasteiger partial charge in [-0.3, -0.25) is 0 Å². The molecule has 0 spiro atoms. The van der Waals surface area contributed by atoms with Crippen LogP contribution >= 0.6 is 11.3 Å². The fourth-order valence-corrected chi connectivity index (χ4v) is 4.34. The van der Waals surface area contributed by atoms with E-state index in [1.165, 1.54) is 15.8 Å². The summed E-state index contributed by atoms with van der Waals surface area (Å²) in [6.07, 6.45) is 2.78. The third-order valence-corrected chi connectivity index (χ3v) is 5.96. The maximum atomic E-state index is 4.60. The molecule has 0 saturated carbocycles. The van der Waals surface area contributed by atoms with Gasteiger partial charge in [0.1, 0.15) is 23.5 Å². The van der Waals surface area contributed by atoms with Crippen molar-refractivity contribution in [1.82, 2.24) is 9.97 Å². The lowest BCUT2D eigenvalue weighted by atomic mass is 10.2. The molecule has 1 aromatic carbocycles. The van der Waals surface area contributed by atoms with E-state index in [4.69, 9.17) is 0 Å². The fourth-order valence-electron chi connectivity index (χ4n) is 3.42. The Hall–Kier alpha value is -1.98. The highest BCUT2D eigenvalue weighted by atomic mass is 32.1. The van der Waals surface area contributed by atoms with Gasteiger partial charge in [0.05, 0.1) is 31.6 Å². The Morgan fingerprint density at radius 2 is 1.92 bits per heavy atom. The molecule has 124 valence electrons. The van der Waals surface area contributed by atoms with Crippen molar-refractivity contribution in [3.8, 4) is 0 Å². The van der Waals surface area contributed by atoms with E-state index in [0.29, 0.717) is 0 Å². The third kappa shape index (κ3) is 3.14. The molecule has 0 atom stereocenters. The molecule has 3 heterocycles. The molecular formula is C19H23N4S+. The average molecular weight is 339 g/mol. The van der Waals surface area contributed by atoms with Crippen molar-refractivity contribution < 1.29 is 4.90 Å². The van der Waals surface area contributed by atoms with E-state index in [0.717, 1.165) is 49.8 Å². The molecule has 4 nitrogen and oxygen atoms in total. The SMILES string of the molecule is CCc1cc2c(N3CC[NH+](Cc4ccccc4)CC3)ncnc2s1. The molecule has 4 rings (SSSR count). The van der Waals surface area contributed by atoms with Crippen molar-refractivity contribution in [2.24, 2.45) is 0 Å². The Bertz CT molecular complexity index is 807. The van der Waals surface area contributed by atoms with E-state index in [1.54, 1.807) is 22.6 Å². The van der Waals surface area contributed by atoms with Gasteiger partial charge in [0.25, 0.3) is 0 Å². The average Bonchev–Trinajstić information content (AvgIpc) is 3.07. The lowest BCUT2D eigenvalue weighted by Crippen LogP contribution is -3.13. The van der Waals surface area contributed by atoms with Gasteiger partial charge < -0.3 is 9.80 Å². The van der Waals surface area contributed by atoms with Gasteiger partial charge in [-0.25, -0.2) is 9.97 Å². The summed E-state index contributed by atoms with van der Waals surface area (Å²) in [6.45, 7) is 7.75. The molecule has 0 aliphatic carbocycles. The van der Waals surface area contributed by atoms with Gasteiger partial charge in [-0.1, -0.05) is 37.3 Å². The van der Waals surface area contributed by atoms with Crippen molar-refractivity contribution in [2.75, 3.05) is 31.1 Å². The van der Waals surface area contributed by atoms with Crippen molar-refractivity contribution in [3.63, 3.8) is 0 Å². The number of thiophene rings is 1. The molecule has 1 aliphatic heterocycles. The van der Waals surface area contributed by atoms with E-state index in [9.17, 15) is 0 Å². The summed E-state index contributed by atoms with van der Waals surface area (Å²) >= 11 is 1.79. The Morgan fingerprint density at radius 3 is 2.67 bits per heavy atom. The van der Waals surface area contributed by atoms with Crippen LogP contribution in [0, 0.1) is 0 Å². The summed E-state index contributed by atoms with van der Waals surface area (Å²) in [6, 6.07) is 13.1. The third-order valence-electron chi connectivity index (χ3n) is 4.77. The van der Waals surface area contributed by atoms with Gasteiger partial charge >= 0.3 is 0 Å². The highest BCUT2D eigenvalue weighted by Crippen LogP contribution is 2.30. The minimum atomic E-state index is 1.06. The van der Waals surface area contributed by atoms with Crippen LogP contribution in [0.15, 0.2) is 42.7 Å². The zero-order valence-electron chi connectivity index (χ0n) is 14.0. The second-order valence-corrected chi connectivity index (χ2v) is 7.50. The van der Waals surface area contributed by atoms with Crippen LogP contribution in [-0.2, 0) is 13.0 Å². The zero-order chi connectivity index (χ0) is 16.4. The largest absolute Gasteiger partial charge is 0.345 e. The first kappa shape index (κ1) is 15.5. The van der Waals surface area contributed by atoms with Crippen LogP contribution in [0.3, 0.4) is 0 Å². The van der Waals surface area contributed by atoms with Gasteiger partial charge in [0, 0.05) is 10.4 Å². The maximum absolute atomic E-state index is 4.60. The molecular weight excluding hydrogens is 316 g/mol. The number of nitrogens with zero attached hydrogens (tertiary/aromatic N) is 3. The number of aryl methyl sites for hydroxylation is 1. The van der Waals surface area contributed by atoms with Crippen LogP contribution in [0.2, 0.25) is 0 Å². The zero-order valence-corrected chi connectivity index (χ0v) is 14.9. The predicted molar refractivity (Wildman–Crippen MR) is 99.8 cm³/mol. The Labute approximate surface area is 146 Å². The quantitative estimate of drug-likeness (QED) is 0.791. The summed E-state index contributed by atoms with van der Waals surface area (Å²) < 4.78 is 0. The summed E-state index contributed by atoms with van der Waals surface area (Å²) in [7, 11) is 0. The second-order valence-electron chi connectivity index (χ2n) is 6.38. The monoisotopic (exact) mass is 339 g/mol. The van der Waals surface area contributed by atoms with E-state index < -0.39 is 0 Å². The fraction of sp³-hybridized carbons (Fsp3) is 0.368. The number of hydrogen-bond acceptors (Lipinski definition) is 4. The van der Waals surface area contributed by atoms with Crippen molar-refractivity contribution in [2.45, 2.75) is 19.9 Å². The van der Waals surface area contributed by atoms with Gasteiger partial charge in [-0.15, -0.1) is 11.3 Å². The number of fused-ring (bicyclic) bond motifs is 1. The minimum Gasteiger partial charge on any atom is -0.345 e. The molecule has 3 aromatic rings.